The summed E-state index contributed by atoms with van der Waals surface area (Å²) in [5, 5.41) is 18.6. The molecule has 4 nitrogen and oxygen atoms in total. The highest BCUT2D eigenvalue weighted by molar-refractivity contribution is 5.79. The number of hydrogen-bond donors (Lipinski definition) is 2. The molecule has 74 valence electrons. The number of fused-ring (bicyclic) bond motifs is 1. The van der Waals surface area contributed by atoms with Gasteiger partial charge in [-0.1, -0.05) is 6.92 Å². The lowest BCUT2D eigenvalue weighted by Crippen LogP contribution is -1.93. The monoisotopic (exact) mass is 192 g/mol. The molecule has 0 bridgehead atoms. The van der Waals surface area contributed by atoms with Gasteiger partial charge in [0.15, 0.2) is 11.5 Å². The molecule has 1 aromatic carbocycles. The largest absolute Gasteiger partial charge is 0.504 e. The van der Waals surface area contributed by atoms with Gasteiger partial charge in [0, 0.05) is 18.7 Å². The summed E-state index contributed by atoms with van der Waals surface area (Å²) < 4.78 is 1.95. The Kier molecular flexibility index (Phi) is 2.04. The lowest BCUT2D eigenvalue weighted by molar-refractivity contribution is 0.404. The van der Waals surface area contributed by atoms with Crippen molar-refractivity contribution in [3.63, 3.8) is 0 Å². The number of aryl methyl sites for hydroxylation is 1. The average Bonchev–Trinajstić information content (AvgIpc) is 2.51. The van der Waals surface area contributed by atoms with Gasteiger partial charge < -0.3 is 14.8 Å². The molecule has 0 amide bonds. The van der Waals surface area contributed by atoms with Gasteiger partial charge in [-0.2, -0.15) is 0 Å². The third-order valence-electron chi connectivity index (χ3n) is 2.18. The molecule has 0 saturated carbocycles. The average molecular weight is 192 g/mol. The number of aromatic hydroxyl groups is 2. The smallest absolute Gasteiger partial charge is 0.159 e. The van der Waals surface area contributed by atoms with Crippen LogP contribution in [0.25, 0.3) is 11.0 Å². The van der Waals surface area contributed by atoms with Crippen molar-refractivity contribution in [1.29, 1.82) is 0 Å². The standard InChI is InChI=1S/C10H12N2O2/c1-2-3-12-6-11-7-4-9(13)10(14)5-8(7)12/h4-6,13-14H,2-3H2,1H3. The number of benzene rings is 1. The summed E-state index contributed by atoms with van der Waals surface area (Å²) in [6.07, 6.45) is 2.72. The third kappa shape index (κ3) is 1.28. The van der Waals surface area contributed by atoms with Crippen LogP contribution in [0.2, 0.25) is 0 Å². The Morgan fingerprint density at radius 3 is 2.71 bits per heavy atom. The molecular weight excluding hydrogens is 180 g/mol. The molecular formula is C10H12N2O2. The van der Waals surface area contributed by atoms with E-state index in [1.807, 2.05) is 4.57 Å². The molecule has 4 heteroatoms. The Balaban J connectivity index is 2.61. The van der Waals surface area contributed by atoms with Crippen LogP contribution < -0.4 is 0 Å². The highest BCUT2D eigenvalue weighted by Crippen LogP contribution is 2.29. The van der Waals surface area contributed by atoms with Crippen LogP contribution in [0.4, 0.5) is 0 Å². The van der Waals surface area contributed by atoms with Crippen molar-refractivity contribution in [3.05, 3.63) is 18.5 Å². The highest BCUT2D eigenvalue weighted by Gasteiger charge is 2.06. The molecule has 0 spiro atoms. The predicted molar refractivity (Wildman–Crippen MR) is 53.4 cm³/mol. The van der Waals surface area contributed by atoms with Gasteiger partial charge >= 0.3 is 0 Å². The molecule has 0 aliphatic carbocycles. The van der Waals surface area contributed by atoms with Crippen LogP contribution in [0.15, 0.2) is 18.5 Å². The van der Waals surface area contributed by atoms with E-state index in [9.17, 15) is 10.2 Å². The van der Waals surface area contributed by atoms with Gasteiger partial charge in [-0.25, -0.2) is 4.98 Å². The van der Waals surface area contributed by atoms with Crippen molar-refractivity contribution in [1.82, 2.24) is 9.55 Å². The topological polar surface area (TPSA) is 58.3 Å². The number of aromatic nitrogens is 2. The zero-order valence-corrected chi connectivity index (χ0v) is 7.94. The SMILES string of the molecule is CCCn1cnc2cc(O)c(O)cc21. The van der Waals surface area contributed by atoms with E-state index >= 15 is 0 Å². The first-order valence-electron chi connectivity index (χ1n) is 4.59. The second-order valence-electron chi connectivity index (χ2n) is 3.27. The third-order valence-corrected chi connectivity index (χ3v) is 2.18. The Hall–Kier alpha value is -1.71. The van der Waals surface area contributed by atoms with Gasteiger partial charge in [0.05, 0.1) is 17.4 Å². The maximum absolute atomic E-state index is 9.34. The molecule has 1 aromatic heterocycles. The molecule has 0 unspecified atom stereocenters. The molecule has 0 radical (unpaired) electrons. The van der Waals surface area contributed by atoms with E-state index in [-0.39, 0.29) is 11.5 Å². The minimum absolute atomic E-state index is 0.102. The Morgan fingerprint density at radius 2 is 2.00 bits per heavy atom. The molecule has 1 heterocycles. The van der Waals surface area contributed by atoms with Gasteiger partial charge in [-0.3, -0.25) is 0 Å². The van der Waals surface area contributed by atoms with Crippen LogP contribution in [0.3, 0.4) is 0 Å². The first-order chi connectivity index (χ1) is 6.72. The minimum Gasteiger partial charge on any atom is -0.504 e. The maximum atomic E-state index is 9.34. The summed E-state index contributed by atoms with van der Waals surface area (Å²) in [6, 6.07) is 3.00. The second kappa shape index (κ2) is 3.21. The minimum atomic E-state index is -0.126. The van der Waals surface area contributed by atoms with Crippen molar-refractivity contribution >= 4 is 11.0 Å². The van der Waals surface area contributed by atoms with Gasteiger partial charge in [0.1, 0.15) is 0 Å². The first-order valence-corrected chi connectivity index (χ1v) is 4.59. The molecule has 0 atom stereocenters. The van der Waals surface area contributed by atoms with Crippen LogP contribution in [0.5, 0.6) is 11.5 Å². The molecule has 0 aliphatic rings. The number of phenols is 2. The van der Waals surface area contributed by atoms with Crippen molar-refractivity contribution in [2.24, 2.45) is 0 Å². The van der Waals surface area contributed by atoms with Gasteiger partial charge in [-0.15, -0.1) is 0 Å². The van der Waals surface area contributed by atoms with E-state index in [2.05, 4.69) is 11.9 Å². The van der Waals surface area contributed by atoms with E-state index in [4.69, 9.17) is 0 Å². The number of phenolic OH excluding ortho intramolecular Hbond substituents is 2. The Bertz CT molecular complexity index is 462. The number of hydrogen-bond acceptors (Lipinski definition) is 3. The summed E-state index contributed by atoms with van der Waals surface area (Å²) in [4.78, 5) is 4.13. The van der Waals surface area contributed by atoms with Crippen molar-refractivity contribution in [3.8, 4) is 11.5 Å². The quantitative estimate of drug-likeness (QED) is 0.714. The zero-order chi connectivity index (χ0) is 10.1. The van der Waals surface area contributed by atoms with E-state index < -0.39 is 0 Å². The first kappa shape index (κ1) is 8.87. The molecule has 0 saturated heterocycles. The van der Waals surface area contributed by atoms with Crippen LogP contribution in [0.1, 0.15) is 13.3 Å². The normalized spacial score (nSPS) is 10.9. The molecule has 14 heavy (non-hydrogen) atoms. The molecule has 0 fully saturated rings. The fraction of sp³-hybridized carbons (Fsp3) is 0.300. The Morgan fingerprint density at radius 1 is 1.29 bits per heavy atom. The van der Waals surface area contributed by atoms with Gasteiger partial charge in [0.2, 0.25) is 0 Å². The summed E-state index contributed by atoms with van der Waals surface area (Å²) in [6.45, 7) is 2.94. The molecule has 0 aliphatic heterocycles. The van der Waals surface area contributed by atoms with E-state index in [0.29, 0.717) is 5.52 Å². The van der Waals surface area contributed by atoms with Crippen LogP contribution in [-0.4, -0.2) is 19.8 Å². The van der Waals surface area contributed by atoms with Crippen LogP contribution in [0, 0.1) is 0 Å². The summed E-state index contributed by atoms with van der Waals surface area (Å²) in [5.41, 5.74) is 1.55. The van der Waals surface area contributed by atoms with Crippen LogP contribution in [-0.2, 0) is 6.54 Å². The summed E-state index contributed by atoms with van der Waals surface area (Å²) >= 11 is 0. The maximum Gasteiger partial charge on any atom is 0.159 e. The second-order valence-corrected chi connectivity index (χ2v) is 3.27. The van der Waals surface area contributed by atoms with Gasteiger partial charge in [0.25, 0.3) is 0 Å². The zero-order valence-electron chi connectivity index (χ0n) is 7.94. The number of rotatable bonds is 2. The summed E-state index contributed by atoms with van der Waals surface area (Å²) in [7, 11) is 0. The lowest BCUT2D eigenvalue weighted by Gasteiger charge is -2.02. The predicted octanol–water partition coefficient (Wildman–Crippen LogP) is 1.86. The van der Waals surface area contributed by atoms with Crippen molar-refractivity contribution in [2.75, 3.05) is 0 Å². The highest BCUT2D eigenvalue weighted by atomic mass is 16.3. The summed E-state index contributed by atoms with van der Waals surface area (Å²) in [5.74, 6) is -0.227. The van der Waals surface area contributed by atoms with Gasteiger partial charge in [-0.05, 0) is 6.42 Å². The Labute approximate surface area is 81.4 Å². The molecule has 2 rings (SSSR count). The van der Waals surface area contributed by atoms with E-state index in [1.165, 1.54) is 12.1 Å². The van der Waals surface area contributed by atoms with Crippen molar-refractivity contribution < 1.29 is 10.2 Å². The fourth-order valence-electron chi connectivity index (χ4n) is 1.50. The molecule has 2 aromatic rings. The number of nitrogens with zero attached hydrogens (tertiary/aromatic N) is 2. The fourth-order valence-corrected chi connectivity index (χ4v) is 1.50. The van der Waals surface area contributed by atoms with E-state index in [0.717, 1.165) is 18.5 Å². The number of imidazole rings is 1. The van der Waals surface area contributed by atoms with Crippen LogP contribution >= 0.6 is 0 Å². The van der Waals surface area contributed by atoms with E-state index in [1.54, 1.807) is 6.33 Å². The van der Waals surface area contributed by atoms with Crippen molar-refractivity contribution in [2.45, 2.75) is 19.9 Å². The lowest BCUT2D eigenvalue weighted by atomic mass is 10.2. The molecule has 2 N–H and O–H groups in total.